The number of hydrogen-bond acceptors (Lipinski definition) is 3. The lowest BCUT2D eigenvalue weighted by Crippen LogP contribution is -2.40. The molecule has 2 aromatic carbocycles. The quantitative estimate of drug-likeness (QED) is 0.840. The van der Waals surface area contributed by atoms with E-state index in [0.29, 0.717) is 6.04 Å². The third kappa shape index (κ3) is 2.17. The molecule has 112 valence electrons. The Labute approximate surface area is 131 Å². The van der Waals surface area contributed by atoms with E-state index < -0.39 is 0 Å². The molecule has 2 atom stereocenters. The lowest BCUT2D eigenvalue weighted by atomic mass is 9.96. The molecule has 22 heavy (non-hydrogen) atoms. The zero-order valence-corrected chi connectivity index (χ0v) is 12.8. The number of para-hydroxylation sites is 1. The summed E-state index contributed by atoms with van der Waals surface area (Å²) in [7, 11) is 0. The summed E-state index contributed by atoms with van der Waals surface area (Å²) in [6.45, 7) is 2.19. The number of rotatable bonds is 3. The molecule has 2 aromatic rings. The van der Waals surface area contributed by atoms with Gasteiger partial charge in [0.15, 0.2) is 6.23 Å². The molecule has 0 saturated carbocycles. The SMILES string of the molecule is CCC[C@@H]1Oc2ccccc2[C@H]2CC(c3ccccc3)=NN12. The van der Waals surface area contributed by atoms with Gasteiger partial charge in [0.05, 0.1) is 11.8 Å². The Hall–Kier alpha value is -2.29. The minimum Gasteiger partial charge on any atom is -0.469 e. The highest BCUT2D eigenvalue weighted by Crippen LogP contribution is 2.43. The number of fused-ring (bicyclic) bond motifs is 3. The molecule has 0 fully saturated rings. The van der Waals surface area contributed by atoms with E-state index in [1.165, 1.54) is 11.1 Å². The van der Waals surface area contributed by atoms with Crippen LogP contribution < -0.4 is 4.74 Å². The third-order valence-electron chi connectivity index (χ3n) is 4.42. The van der Waals surface area contributed by atoms with Gasteiger partial charge >= 0.3 is 0 Å². The van der Waals surface area contributed by atoms with Gasteiger partial charge in [0.1, 0.15) is 5.75 Å². The van der Waals surface area contributed by atoms with E-state index in [2.05, 4.69) is 54.4 Å². The summed E-state index contributed by atoms with van der Waals surface area (Å²) in [6.07, 6.45) is 3.08. The van der Waals surface area contributed by atoms with Crippen LogP contribution in [0, 0.1) is 0 Å². The van der Waals surface area contributed by atoms with E-state index in [-0.39, 0.29) is 6.23 Å². The molecule has 4 rings (SSSR count). The summed E-state index contributed by atoms with van der Waals surface area (Å²) in [5.74, 6) is 1.02. The number of hydrazone groups is 1. The van der Waals surface area contributed by atoms with Crippen molar-refractivity contribution in [3.05, 3.63) is 65.7 Å². The van der Waals surface area contributed by atoms with Crippen LogP contribution in [0.15, 0.2) is 59.7 Å². The van der Waals surface area contributed by atoms with Gasteiger partial charge in [-0.2, -0.15) is 5.10 Å². The maximum atomic E-state index is 6.19. The monoisotopic (exact) mass is 292 g/mol. The maximum Gasteiger partial charge on any atom is 0.187 e. The number of nitrogens with zero attached hydrogens (tertiary/aromatic N) is 2. The van der Waals surface area contributed by atoms with Crippen LogP contribution in [0.3, 0.4) is 0 Å². The van der Waals surface area contributed by atoms with Crippen LogP contribution in [0.2, 0.25) is 0 Å². The van der Waals surface area contributed by atoms with Crippen molar-refractivity contribution in [3.8, 4) is 5.75 Å². The second kappa shape index (κ2) is 5.48. The van der Waals surface area contributed by atoms with Crippen LogP contribution in [0.5, 0.6) is 5.75 Å². The van der Waals surface area contributed by atoms with Crippen LogP contribution in [0.1, 0.15) is 43.4 Å². The van der Waals surface area contributed by atoms with Crippen LogP contribution in [-0.2, 0) is 0 Å². The molecule has 0 spiro atoms. The Morgan fingerprint density at radius 3 is 2.68 bits per heavy atom. The van der Waals surface area contributed by atoms with Gasteiger partial charge in [-0.1, -0.05) is 61.9 Å². The van der Waals surface area contributed by atoms with Gasteiger partial charge in [-0.15, -0.1) is 0 Å². The molecule has 0 amide bonds. The largest absolute Gasteiger partial charge is 0.469 e. The van der Waals surface area contributed by atoms with E-state index in [1.807, 2.05) is 12.1 Å². The smallest absolute Gasteiger partial charge is 0.187 e. The summed E-state index contributed by atoms with van der Waals surface area (Å²) in [5, 5.41) is 7.08. The van der Waals surface area contributed by atoms with Crippen molar-refractivity contribution < 1.29 is 4.74 Å². The van der Waals surface area contributed by atoms with Gasteiger partial charge in [0, 0.05) is 18.4 Å². The molecule has 3 nitrogen and oxygen atoms in total. The zero-order valence-electron chi connectivity index (χ0n) is 12.8. The van der Waals surface area contributed by atoms with Crippen molar-refractivity contribution in [3.63, 3.8) is 0 Å². The molecule has 0 aromatic heterocycles. The first kappa shape index (κ1) is 13.4. The highest BCUT2D eigenvalue weighted by molar-refractivity contribution is 6.01. The molecule has 0 bridgehead atoms. The summed E-state index contributed by atoms with van der Waals surface area (Å²) < 4.78 is 6.19. The number of ether oxygens (including phenoxy) is 1. The molecule has 2 aliphatic rings. The Bertz CT molecular complexity index is 696. The highest BCUT2D eigenvalue weighted by Gasteiger charge is 2.39. The van der Waals surface area contributed by atoms with Crippen molar-refractivity contribution in [2.24, 2.45) is 5.10 Å². The fraction of sp³-hybridized carbons (Fsp3) is 0.316. The Balaban J connectivity index is 1.72. The van der Waals surface area contributed by atoms with Crippen molar-refractivity contribution in [1.82, 2.24) is 5.01 Å². The first-order chi connectivity index (χ1) is 10.9. The fourth-order valence-electron chi connectivity index (χ4n) is 3.35. The average molecular weight is 292 g/mol. The van der Waals surface area contributed by atoms with Crippen LogP contribution >= 0.6 is 0 Å². The number of hydrogen-bond donors (Lipinski definition) is 0. The topological polar surface area (TPSA) is 24.8 Å². The number of benzene rings is 2. The summed E-state index contributed by atoms with van der Waals surface area (Å²) in [5.41, 5.74) is 3.63. The maximum absolute atomic E-state index is 6.19. The van der Waals surface area contributed by atoms with Gasteiger partial charge in [-0.25, -0.2) is 0 Å². The van der Waals surface area contributed by atoms with Crippen molar-refractivity contribution in [1.29, 1.82) is 0 Å². The zero-order chi connectivity index (χ0) is 14.9. The first-order valence-electron chi connectivity index (χ1n) is 8.03. The standard InChI is InChI=1S/C19H20N2O/c1-2-8-19-21-17(15-11-6-7-12-18(15)22-19)13-16(20-21)14-9-4-3-5-10-14/h3-7,9-12,17,19H,2,8,13H2,1H3/t17-,19+/m1/s1. The van der Waals surface area contributed by atoms with Crippen molar-refractivity contribution in [2.45, 2.75) is 38.5 Å². The second-order valence-electron chi connectivity index (χ2n) is 5.91. The van der Waals surface area contributed by atoms with Crippen molar-refractivity contribution >= 4 is 5.71 Å². The molecule has 0 unspecified atom stereocenters. The lowest BCUT2D eigenvalue weighted by Gasteiger charge is -2.38. The highest BCUT2D eigenvalue weighted by atomic mass is 16.5. The van der Waals surface area contributed by atoms with Gasteiger partial charge in [0.25, 0.3) is 0 Å². The summed E-state index contributed by atoms with van der Waals surface area (Å²) in [6, 6.07) is 19.1. The Morgan fingerprint density at radius 1 is 1.09 bits per heavy atom. The van der Waals surface area contributed by atoms with Crippen LogP contribution in [0.4, 0.5) is 0 Å². The van der Waals surface area contributed by atoms with Crippen molar-refractivity contribution in [2.75, 3.05) is 0 Å². The molecule has 2 heterocycles. The Kier molecular flexibility index (Phi) is 3.34. The molecule has 0 radical (unpaired) electrons. The predicted octanol–water partition coefficient (Wildman–Crippen LogP) is 4.36. The minimum absolute atomic E-state index is 0.0473. The van der Waals surface area contributed by atoms with E-state index >= 15 is 0 Å². The third-order valence-corrected chi connectivity index (χ3v) is 4.42. The van der Waals surface area contributed by atoms with Gasteiger partial charge in [-0.3, -0.25) is 5.01 Å². The Morgan fingerprint density at radius 2 is 1.86 bits per heavy atom. The van der Waals surface area contributed by atoms with Gasteiger partial charge in [-0.05, 0) is 11.6 Å². The minimum atomic E-state index is 0.0473. The lowest BCUT2D eigenvalue weighted by molar-refractivity contribution is -0.0223. The summed E-state index contributed by atoms with van der Waals surface area (Å²) in [4.78, 5) is 0. The van der Waals surface area contributed by atoms with Gasteiger partial charge in [0.2, 0.25) is 0 Å². The molecule has 2 aliphatic heterocycles. The molecular weight excluding hydrogens is 272 g/mol. The van der Waals surface area contributed by atoms with E-state index in [9.17, 15) is 0 Å². The molecule has 0 saturated heterocycles. The molecule has 0 aliphatic carbocycles. The van der Waals surface area contributed by atoms with E-state index in [0.717, 1.165) is 30.7 Å². The fourth-order valence-corrected chi connectivity index (χ4v) is 3.35. The molecule has 3 heteroatoms. The second-order valence-corrected chi connectivity index (χ2v) is 5.91. The van der Waals surface area contributed by atoms with Crippen LogP contribution in [-0.4, -0.2) is 16.9 Å². The first-order valence-corrected chi connectivity index (χ1v) is 8.03. The normalized spacial score (nSPS) is 22.6. The van der Waals surface area contributed by atoms with Crippen LogP contribution in [0.25, 0.3) is 0 Å². The average Bonchev–Trinajstić information content (AvgIpc) is 3.02. The van der Waals surface area contributed by atoms with E-state index in [1.54, 1.807) is 0 Å². The van der Waals surface area contributed by atoms with Gasteiger partial charge < -0.3 is 4.74 Å². The van der Waals surface area contributed by atoms with E-state index in [4.69, 9.17) is 9.84 Å². The summed E-state index contributed by atoms with van der Waals surface area (Å²) >= 11 is 0. The molecule has 0 N–H and O–H groups in total. The molecular formula is C19H20N2O. The predicted molar refractivity (Wildman–Crippen MR) is 87.9 cm³/mol.